The lowest BCUT2D eigenvalue weighted by Gasteiger charge is -2.22. The molecular weight excluding hydrogens is 304 g/mol. The average molecular weight is 334 g/mol. The normalized spacial score (nSPS) is 16.8. The van der Waals surface area contributed by atoms with Gasteiger partial charge in [0.05, 0.1) is 12.2 Å². The summed E-state index contributed by atoms with van der Waals surface area (Å²) in [6, 6.07) is 7.40. The first-order chi connectivity index (χ1) is 11.5. The maximum atomic E-state index is 12.0. The molecule has 1 atom stereocenters. The zero-order valence-corrected chi connectivity index (χ0v) is 14.8. The van der Waals surface area contributed by atoms with Gasteiger partial charge in [0.25, 0.3) is 0 Å². The number of piperidine rings is 1. The quantitative estimate of drug-likeness (QED) is 0.683. The molecule has 1 heterocycles. The Labute approximate surface area is 144 Å². The van der Waals surface area contributed by atoms with Gasteiger partial charge in [-0.25, -0.2) is 0 Å². The third-order valence-electron chi connectivity index (χ3n) is 4.35. The Kier molecular flexibility index (Phi) is 7.53. The highest BCUT2D eigenvalue weighted by Gasteiger charge is 2.15. The molecule has 134 valence electrons. The first kappa shape index (κ1) is 18.7. The molecule has 0 spiro atoms. The van der Waals surface area contributed by atoms with Crippen LogP contribution in [0.15, 0.2) is 24.3 Å². The van der Waals surface area contributed by atoms with E-state index in [1.807, 2.05) is 38.1 Å². The van der Waals surface area contributed by atoms with Gasteiger partial charge in [0, 0.05) is 13.0 Å². The van der Waals surface area contributed by atoms with Crippen molar-refractivity contribution in [2.75, 3.05) is 19.6 Å². The Hall–Kier alpha value is -1.59. The molecule has 1 unspecified atom stereocenters. The molecule has 1 aliphatic heterocycles. The monoisotopic (exact) mass is 334 g/mol. The van der Waals surface area contributed by atoms with E-state index in [4.69, 9.17) is 4.74 Å². The molecule has 1 aromatic rings. The Morgan fingerprint density at radius 3 is 2.83 bits per heavy atom. The molecular formula is C19H30N2O3. The van der Waals surface area contributed by atoms with Gasteiger partial charge in [-0.05, 0) is 69.8 Å². The summed E-state index contributed by atoms with van der Waals surface area (Å²) in [5.41, 5.74) is 0.756. The second kappa shape index (κ2) is 9.64. The van der Waals surface area contributed by atoms with Crippen molar-refractivity contribution in [3.63, 3.8) is 0 Å². The molecule has 0 saturated carbocycles. The highest BCUT2D eigenvalue weighted by atomic mass is 16.5. The van der Waals surface area contributed by atoms with Gasteiger partial charge in [0.15, 0.2) is 0 Å². The molecule has 3 N–H and O–H groups in total. The van der Waals surface area contributed by atoms with Gasteiger partial charge in [-0.2, -0.15) is 0 Å². The average Bonchev–Trinajstić information content (AvgIpc) is 2.58. The van der Waals surface area contributed by atoms with Crippen molar-refractivity contribution in [3.8, 4) is 5.75 Å². The van der Waals surface area contributed by atoms with E-state index in [9.17, 15) is 9.90 Å². The van der Waals surface area contributed by atoms with Gasteiger partial charge in [0.1, 0.15) is 5.75 Å². The van der Waals surface area contributed by atoms with Crippen molar-refractivity contribution in [2.24, 2.45) is 5.92 Å². The molecule has 2 rings (SSSR count). The summed E-state index contributed by atoms with van der Waals surface area (Å²) in [5.74, 6) is 1.40. The minimum Gasteiger partial charge on any atom is -0.491 e. The standard InChI is InChI=1S/C19H30N2O3/c1-14(2)24-17-5-3-4-16(12-17)18(22)13-21-19(23)7-6-15-8-10-20-11-9-15/h3-5,12,14-15,18,20,22H,6-11,13H2,1-2H3,(H,21,23). The molecule has 0 aliphatic carbocycles. The molecule has 0 radical (unpaired) electrons. The van der Waals surface area contributed by atoms with Gasteiger partial charge in [-0.15, -0.1) is 0 Å². The zero-order valence-electron chi connectivity index (χ0n) is 14.8. The van der Waals surface area contributed by atoms with E-state index in [0.717, 1.165) is 43.7 Å². The Morgan fingerprint density at radius 2 is 2.12 bits per heavy atom. The number of amides is 1. The zero-order chi connectivity index (χ0) is 17.4. The minimum atomic E-state index is -0.719. The van der Waals surface area contributed by atoms with Crippen molar-refractivity contribution in [3.05, 3.63) is 29.8 Å². The number of carbonyl (C=O) groups is 1. The first-order valence-corrected chi connectivity index (χ1v) is 8.96. The van der Waals surface area contributed by atoms with E-state index in [2.05, 4.69) is 10.6 Å². The maximum absolute atomic E-state index is 12.0. The molecule has 5 heteroatoms. The highest BCUT2D eigenvalue weighted by molar-refractivity contribution is 5.75. The van der Waals surface area contributed by atoms with E-state index >= 15 is 0 Å². The van der Waals surface area contributed by atoms with Crippen LogP contribution in [0.25, 0.3) is 0 Å². The van der Waals surface area contributed by atoms with Crippen LogP contribution < -0.4 is 15.4 Å². The molecule has 1 aliphatic rings. The summed E-state index contributed by atoms with van der Waals surface area (Å²) in [4.78, 5) is 12.0. The van der Waals surface area contributed by atoms with E-state index in [0.29, 0.717) is 12.3 Å². The molecule has 1 fully saturated rings. The van der Waals surface area contributed by atoms with Crippen LogP contribution in [-0.2, 0) is 4.79 Å². The Bertz CT molecular complexity index is 513. The SMILES string of the molecule is CC(C)Oc1cccc(C(O)CNC(=O)CCC2CCNCC2)c1. The summed E-state index contributed by atoms with van der Waals surface area (Å²) >= 11 is 0. The van der Waals surface area contributed by atoms with Crippen LogP contribution in [0.4, 0.5) is 0 Å². The summed E-state index contributed by atoms with van der Waals surface area (Å²) < 4.78 is 5.63. The summed E-state index contributed by atoms with van der Waals surface area (Å²) in [7, 11) is 0. The van der Waals surface area contributed by atoms with Gasteiger partial charge in [0.2, 0.25) is 5.91 Å². The minimum absolute atomic E-state index is 0.0159. The lowest BCUT2D eigenvalue weighted by atomic mass is 9.93. The number of carbonyl (C=O) groups excluding carboxylic acids is 1. The van der Waals surface area contributed by atoms with Crippen LogP contribution in [0, 0.1) is 5.92 Å². The van der Waals surface area contributed by atoms with Crippen LogP contribution >= 0.6 is 0 Å². The lowest BCUT2D eigenvalue weighted by molar-refractivity contribution is -0.121. The van der Waals surface area contributed by atoms with Gasteiger partial charge in [-0.3, -0.25) is 4.79 Å². The van der Waals surface area contributed by atoms with E-state index in [1.165, 1.54) is 0 Å². The largest absolute Gasteiger partial charge is 0.491 e. The molecule has 0 aromatic heterocycles. The topological polar surface area (TPSA) is 70.6 Å². The van der Waals surface area contributed by atoms with Gasteiger partial charge < -0.3 is 20.5 Å². The third kappa shape index (κ3) is 6.49. The molecule has 1 amide bonds. The lowest BCUT2D eigenvalue weighted by Crippen LogP contribution is -2.31. The number of nitrogens with one attached hydrogen (secondary N) is 2. The highest BCUT2D eigenvalue weighted by Crippen LogP contribution is 2.20. The number of aliphatic hydroxyl groups is 1. The number of benzene rings is 1. The second-order valence-corrected chi connectivity index (χ2v) is 6.79. The molecule has 1 saturated heterocycles. The van der Waals surface area contributed by atoms with Crippen LogP contribution in [0.5, 0.6) is 5.75 Å². The summed E-state index contributed by atoms with van der Waals surface area (Å²) in [6.07, 6.45) is 3.14. The van der Waals surface area contributed by atoms with Gasteiger partial charge >= 0.3 is 0 Å². The predicted octanol–water partition coefficient (Wildman–Crippen LogP) is 2.40. The van der Waals surface area contributed by atoms with Crippen LogP contribution in [0.2, 0.25) is 0 Å². The maximum Gasteiger partial charge on any atom is 0.220 e. The van der Waals surface area contributed by atoms with Crippen molar-refractivity contribution in [1.29, 1.82) is 0 Å². The summed E-state index contributed by atoms with van der Waals surface area (Å²) in [6.45, 7) is 6.27. The van der Waals surface area contributed by atoms with Crippen LogP contribution in [0.1, 0.15) is 51.2 Å². The van der Waals surface area contributed by atoms with Crippen LogP contribution in [0.3, 0.4) is 0 Å². The van der Waals surface area contributed by atoms with Crippen molar-refractivity contribution < 1.29 is 14.6 Å². The fraction of sp³-hybridized carbons (Fsp3) is 0.632. The van der Waals surface area contributed by atoms with E-state index in [-0.39, 0.29) is 18.6 Å². The molecule has 24 heavy (non-hydrogen) atoms. The smallest absolute Gasteiger partial charge is 0.220 e. The molecule has 0 bridgehead atoms. The number of rotatable bonds is 8. The summed E-state index contributed by atoms with van der Waals surface area (Å²) in [5, 5.41) is 16.4. The first-order valence-electron chi connectivity index (χ1n) is 8.96. The van der Waals surface area contributed by atoms with Crippen molar-refractivity contribution >= 4 is 5.91 Å². The number of hydrogen-bond acceptors (Lipinski definition) is 4. The van der Waals surface area contributed by atoms with Crippen molar-refractivity contribution in [2.45, 2.75) is 51.7 Å². The number of aliphatic hydroxyl groups excluding tert-OH is 1. The number of hydrogen-bond donors (Lipinski definition) is 3. The third-order valence-corrected chi connectivity index (χ3v) is 4.35. The molecule has 1 aromatic carbocycles. The fourth-order valence-corrected chi connectivity index (χ4v) is 2.99. The van der Waals surface area contributed by atoms with Crippen molar-refractivity contribution in [1.82, 2.24) is 10.6 Å². The van der Waals surface area contributed by atoms with E-state index < -0.39 is 6.10 Å². The Morgan fingerprint density at radius 1 is 1.38 bits per heavy atom. The van der Waals surface area contributed by atoms with Crippen LogP contribution in [-0.4, -0.2) is 36.8 Å². The molecule has 5 nitrogen and oxygen atoms in total. The fourth-order valence-electron chi connectivity index (χ4n) is 2.99. The second-order valence-electron chi connectivity index (χ2n) is 6.79. The number of ether oxygens (including phenoxy) is 1. The predicted molar refractivity (Wildman–Crippen MR) is 95.0 cm³/mol. The van der Waals surface area contributed by atoms with E-state index in [1.54, 1.807) is 0 Å². The van der Waals surface area contributed by atoms with Gasteiger partial charge in [-0.1, -0.05) is 12.1 Å². The Balaban J connectivity index is 1.73.